The van der Waals surface area contributed by atoms with Crippen LogP contribution < -0.4 is 0 Å². The largest absolute Gasteiger partial charge is 0.347 e. The number of amides is 1. The van der Waals surface area contributed by atoms with E-state index in [0.29, 0.717) is 24.3 Å². The summed E-state index contributed by atoms with van der Waals surface area (Å²) < 4.78 is 2.24. The molecule has 6 rings (SSSR count). The number of likely N-dealkylation sites (tertiary alicyclic amines) is 1. The summed E-state index contributed by atoms with van der Waals surface area (Å²) >= 11 is 0. The van der Waals surface area contributed by atoms with Crippen molar-refractivity contribution < 1.29 is 4.79 Å². The summed E-state index contributed by atoms with van der Waals surface area (Å²) in [6.45, 7) is 4.19. The lowest BCUT2D eigenvalue weighted by Crippen LogP contribution is -2.60. The van der Waals surface area contributed by atoms with Crippen LogP contribution >= 0.6 is 0 Å². The molecule has 0 radical (unpaired) electrons. The van der Waals surface area contributed by atoms with Crippen LogP contribution in [0, 0.1) is 11.8 Å². The zero-order valence-corrected chi connectivity index (χ0v) is 17.9. The third-order valence-corrected chi connectivity index (χ3v) is 8.22. The van der Waals surface area contributed by atoms with Crippen LogP contribution in [0.15, 0.2) is 48.2 Å². The van der Waals surface area contributed by atoms with Gasteiger partial charge in [-0.15, -0.1) is 0 Å². The Kier molecular flexibility index (Phi) is 4.71. The fourth-order valence-electron chi connectivity index (χ4n) is 6.95. The molecule has 158 valence electrons. The molecule has 30 heavy (non-hydrogen) atoms. The van der Waals surface area contributed by atoms with Crippen molar-refractivity contribution in [1.29, 1.82) is 0 Å². The van der Waals surface area contributed by atoms with Gasteiger partial charge in [-0.3, -0.25) is 9.69 Å². The highest BCUT2D eigenvalue weighted by atomic mass is 16.2. The predicted octanol–water partition coefficient (Wildman–Crippen LogP) is 4.45. The van der Waals surface area contributed by atoms with Gasteiger partial charge >= 0.3 is 0 Å². The quantitative estimate of drug-likeness (QED) is 0.708. The summed E-state index contributed by atoms with van der Waals surface area (Å²) in [7, 11) is 0. The Morgan fingerprint density at radius 2 is 2.00 bits per heavy atom. The molecule has 3 saturated heterocycles. The van der Waals surface area contributed by atoms with Gasteiger partial charge in [0.25, 0.3) is 0 Å². The van der Waals surface area contributed by atoms with Gasteiger partial charge in [0.05, 0.1) is 6.04 Å². The molecule has 3 fully saturated rings. The number of nitrogens with zero attached hydrogens (tertiary/aromatic N) is 3. The van der Waals surface area contributed by atoms with Crippen molar-refractivity contribution in [2.45, 2.75) is 63.6 Å². The van der Waals surface area contributed by atoms with Crippen LogP contribution in [0.5, 0.6) is 0 Å². The van der Waals surface area contributed by atoms with Gasteiger partial charge in [0.2, 0.25) is 5.91 Å². The van der Waals surface area contributed by atoms with Gasteiger partial charge in [0.15, 0.2) is 0 Å². The van der Waals surface area contributed by atoms with E-state index in [-0.39, 0.29) is 0 Å². The second kappa shape index (κ2) is 7.56. The van der Waals surface area contributed by atoms with Gasteiger partial charge in [0, 0.05) is 43.8 Å². The molecule has 1 aromatic heterocycles. The lowest BCUT2D eigenvalue weighted by molar-refractivity contribution is -0.136. The summed E-state index contributed by atoms with van der Waals surface area (Å²) in [5, 5.41) is 1.25. The average molecular weight is 404 g/mol. The second-order valence-electron chi connectivity index (χ2n) is 9.91. The minimum absolute atomic E-state index is 0.350. The monoisotopic (exact) mass is 403 g/mol. The first-order valence-corrected chi connectivity index (χ1v) is 12.1. The van der Waals surface area contributed by atoms with Crippen molar-refractivity contribution in [2.24, 2.45) is 11.8 Å². The molecule has 0 N–H and O–H groups in total. The van der Waals surface area contributed by atoms with Crippen molar-refractivity contribution in [2.75, 3.05) is 19.6 Å². The zero-order valence-electron chi connectivity index (χ0n) is 17.9. The molecule has 2 bridgehead atoms. The molecule has 4 atom stereocenters. The second-order valence-corrected chi connectivity index (χ2v) is 9.91. The van der Waals surface area contributed by atoms with E-state index in [2.05, 4.69) is 57.0 Å². The Morgan fingerprint density at radius 1 is 1.07 bits per heavy atom. The van der Waals surface area contributed by atoms with E-state index in [9.17, 15) is 4.79 Å². The highest BCUT2D eigenvalue weighted by Crippen LogP contribution is 2.45. The Hall–Kier alpha value is -2.07. The molecular weight excluding hydrogens is 370 g/mol. The SMILES string of the molecule is O=C(CCn1ccc2ccccc21)N1CCCC2=C[C@H]3C[C@@H](CN4CCCCC34)C21. The molecule has 1 aliphatic carbocycles. The molecule has 4 aliphatic rings. The lowest BCUT2D eigenvalue weighted by Gasteiger charge is -2.54. The first-order chi connectivity index (χ1) is 14.8. The Bertz CT molecular complexity index is 976. The maximum Gasteiger partial charge on any atom is 0.224 e. The third-order valence-electron chi connectivity index (χ3n) is 8.22. The fraction of sp³-hybridized carbons (Fsp3) is 0.577. The van der Waals surface area contributed by atoms with E-state index in [1.165, 1.54) is 56.1 Å². The molecular formula is C26H33N3O. The summed E-state index contributed by atoms with van der Waals surface area (Å²) in [4.78, 5) is 18.4. The molecule has 1 amide bonds. The van der Waals surface area contributed by atoms with Gasteiger partial charge in [-0.05, 0) is 68.0 Å². The normalized spacial score (nSPS) is 31.2. The highest BCUT2D eigenvalue weighted by molar-refractivity contribution is 5.81. The Labute approximate surface area is 179 Å². The number of fused-ring (bicyclic) bond motifs is 7. The highest BCUT2D eigenvalue weighted by Gasteiger charge is 2.46. The van der Waals surface area contributed by atoms with Crippen LogP contribution in [-0.4, -0.2) is 52.0 Å². The van der Waals surface area contributed by atoms with Crippen LogP contribution in [-0.2, 0) is 11.3 Å². The van der Waals surface area contributed by atoms with Crippen molar-refractivity contribution in [3.05, 3.63) is 48.2 Å². The molecule has 4 heteroatoms. The molecule has 0 saturated carbocycles. The number of piperidine rings is 3. The van der Waals surface area contributed by atoms with E-state index in [0.717, 1.165) is 31.5 Å². The van der Waals surface area contributed by atoms with Crippen molar-refractivity contribution in [1.82, 2.24) is 14.4 Å². The van der Waals surface area contributed by atoms with E-state index in [4.69, 9.17) is 0 Å². The molecule has 4 nitrogen and oxygen atoms in total. The minimum atomic E-state index is 0.350. The molecule has 2 unspecified atom stereocenters. The number of hydrogen-bond acceptors (Lipinski definition) is 2. The number of carbonyl (C=O) groups excluding carboxylic acids is 1. The van der Waals surface area contributed by atoms with E-state index < -0.39 is 0 Å². The number of aryl methyl sites for hydroxylation is 1. The maximum absolute atomic E-state index is 13.4. The van der Waals surface area contributed by atoms with E-state index in [1.807, 2.05) is 0 Å². The van der Waals surface area contributed by atoms with Crippen LogP contribution in [0.3, 0.4) is 0 Å². The lowest BCUT2D eigenvalue weighted by atomic mass is 9.68. The first-order valence-electron chi connectivity index (χ1n) is 12.1. The van der Waals surface area contributed by atoms with Crippen molar-refractivity contribution in [3.63, 3.8) is 0 Å². The van der Waals surface area contributed by atoms with Gasteiger partial charge in [-0.2, -0.15) is 0 Å². The summed E-state index contributed by atoms with van der Waals surface area (Å²) in [5.41, 5.74) is 2.82. The van der Waals surface area contributed by atoms with Gasteiger partial charge in [-0.1, -0.05) is 36.3 Å². The number of benzene rings is 1. The number of aromatic nitrogens is 1. The summed E-state index contributed by atoms with van der Waals surface area (Å²) in [5.74, 6) is 1.72. The maximum atomic E-state index is 13.4. The number of carbonyl (C=O) groups is 1. The number of hydrogen-bond donors (Lipinski definition) is 0. The zero-order chi connectivity index (χ0) is 20.1. The van der Waals surface area contributed by atoms with Gasteiger partial charge in [0.1, 0.15) is 0 Å². The van der Waals surface area contributed by atoms with Crippen LogP contribution in [0.1, 0.15) is 44.9 Å². The Morgan fingerprint density at radius 3 is 2.97 bits per heavy atom. The molecule has 4 heterocycles. The first kappa shape index (κ1) is 18.7. The smallest absolute Gasteiger partial charge is 0.224 e. The average Bonchev–Trinajstić information content (AvgIpc) is 3.20. The molecule has 0 spiro atoms. The standard InChI is InChI=1S/C26H33N3O/c30-25(11-15-27-14-10-19-6-1-2-8-23(19)27)29-13-5-7-20-16-21-17-22(26(20)29)18-28-12-4-3-9-24(21)28/h1-2,6,8,10,14,16,21-22,24,26H,3-5,7,9,11-13,15,17-18H2/t21-,22-,24?,26?/m0/s1. The Balaban J connectivity index is 1.20. The number of para-hydroxylation sites is 1. The third kappa shape index (κ3) is 3.11. The fourth-order valence-corrected chi connectivity index (χ4v) is 6.95. The van der Waals surface area contributed by atoms with Crippen molar-refractivity contribution in [3.8, 4) is 0 Å². The minimum Gasteiger partial charge on any atom is -0.347 e. The number of rotatable bonds is 3. The van der Waals surface area contributed by atoms with E-state index in [1.54, 1.807) is 5.57 Å². The van der Waals surface area contributed by atoms with Crippen LogP contribution in [0.25, 0.3) is 10.9 Å². The molecule has 3 aliphatic heterocycles. The topological polar surface area (TPSA) is 28.5 Å². The summed E-state index contributed by atoms with van der Waals surface area (Å²) in [6.07, 6.45) is 13.1. The predicted molar refractivity (Wildman–Crippen MR) is 120 cm³/mol. The van der Waals surface area contributed by atoms with Crippen LogP contribution in [0.4, 0.5) is 0 Å². The van der Waals surface area contributed by atoms with E-state index >= 15 is 0 Å². The van der Waals surface area contributed by atoms with Gasteiger partial charge < -0.3 is 9.47 Å². The van der Waals surface area contributed by atoms with Crippen molar-refractivity contribution >= 4 is 16.8 Å². The van der Waals surface area contributed by atoms with Gasteiger partial charge in [-0.25, -0.2) is 0 Å². The van der Waals surface area contributed by atoms with Crippen LogP contribution in [0.2, 0.25) is 0 Å². The molecule has 1 aromatic carbocycles. The molecule has 2 aromatic rings. The summed E-state index contributed by atoms with van der Waals surface area (Å²) in [6, 6.07) is 11.7.